The number of ether oxygens (including phenoxy) is 1. The van der Waals surface area contributed by atoms with Crippen LogP contribution in [0.25, 0.3) is 0 Å². The van der Waals surface area contributed by atoms with Crippen molar-refractivity contribution >= 4 is 33.4 Å². The lowest BCUT2D eigenvalue weighted by molar-refractivity contribution is -0.118. The standard InChI is InChI=1S/C25H31BrN2O3/c1-25(2,3)21-15-18(26)11-14-22(21)31-16-23(29)27-20-12-9-17(10-13-20)24(30)28-19-7-5-4-6-8-19/h9-15,19H,4-8,16H2,1-3H3,(H,27,29)(H,28,30). The number of benzene rings is 2. The monoisotopic (exact) mass is 486 g/mol. The van der Waals surface area contributed by atoms with Gasteiger partial charge < -0.3 is 15.4 Å². The zero-order valence-corrected chi connectivity index (χ0v) is 20.1. The van der Waals surface area contributed by atoms with Crippen molar-refractivity contribution in [2.75, 3.05) is 11.9 Å². The van der Waals surface area contributed by atoms with E-state index in [0.717, 1.165) is 22.9 Å². The highest BCUT2D eigenvalue weighted by molar-refractivity contribution is 9.10. The first-order valence-corrected chi connectivity index (χ1v) is 11.7. The van der Waals surface area contributed by atoms with Crippen molar-refractivity contribution in [2.45, 2.75) is 64.3 Å². The molecule has 1 saturated carbocycles. The third-order valence-electron chi connectivity index (χ3n) is 5.48. The second-order valence-electron chi connectivity index (χ2n) is 9.11. The van der Waals surface area contributed by atoms with Crippen LogP contribution in [-0.2, 0) is 10.2 Å². The fourth-order valence-electron chi connectivity index (χ4n) is 3.78. The van der Waals surface area contributed by atoms with E-state index < -0.39 is 0 Å². The maximum Gasteiger partial charge on any atom is 0.262 e. The molecule has 1 aliphatic carbocycles. The Kier molecular flexibility index (Phi) is 7.76. The molecule has 2 aromatic rings. The summed E-state index contributed by atoms with van der Waals surface area (Å²) >= 11 is 3.49. The lowest BCUT2D eigenvalue weighted by Crippen LogP contribution is -2.36. The molecule has 0 radical (unpaired) electrons. The minimum atomic E-state index is -0.248. The van der Waals surface area contributed by atoms with Crippen LogP contribution < -0.4 is 15.4 Å². The summed E-state index contributed by atoms with van der Waals surface area (Å²) in [5, 5.41) is 5.93. The number of anilines is 1. The van der Waals surface area contributed by atoms with E-state index in [1.54, 1.807) is 24.3 Å². The zero-order chi connectivity index (χ0) is 22.4. The number of nitrogens with one attached hydrogen (secondary N) is 2. The van der Waals surface area contributed by atoms with E-state index in [1.807, 2.05) is 18.2 Å². The lowest BCUT2D eigenvalue weighted by atomic mass is 9.86. The summed E-state index contributed by atoms with van der Waals surface area (Å²) in [6.07, 6.45) is 5.71. The second-order valence-corrected chi connectivity index (χ2v) is 10.0. The molecule has 6 heteroatoms. The van der Waals surface area contributed by atoms with E-state index in [2.05, 4.69) is 47.3 Å². The topological polar surface area (TPSA) is 67.4 Å². The number of amides is 2. The fraction of sp³-hybridized carbons (Fsp3) is 0.440. The SMILES string of the molecule is CC(C)(C)c1cc(Br)ccc1OCC(=O)Nc1ccc(C(=O)NC2CCCCC2)cc1. The molecule has 0 bridgehead atoms. The van der Waals surface area contributed by atoms with Crippen LogP contribution in [0.1, 0.15) is 68.8 Å². The van der Waals surface area contributed by atoms with Crippen molar-refractivity contribution in [3.63, 3.8) is 0 Å². The Bertz CT molecular complexity index is 913. The number of halogens is 1. The molecule has 0 heterocycles. The van der Waals surface area contributed by atoms with Gasteiger partial charge in [0.05, 0.1) is 0 Å². The molecule has 3 rings (SSSR count). The molecule has 1 fully saturated rings. The van der Waals surface area contributed by atoms with Crippen LogP contribution in [0.2, 0.25) is 0 Å². The lowest BCUT2D eigenvalue weighted by Gasteiger charge is -2.23. The molecule has 166 valence electrons. The number of carbonyl (C=O) groups excluding carboxylic acids is 2. The van der Waals surface area contributed by atoms with Crippen molar-refractivity contribution in [1.29, 1.82) is 0 Å². The highest BCUT2D eigenvalue weighted by Crippen LogP contribution is 2.33. The maximum absolute atomic E-state index is 12.4. The average molecular weight is 487 g/mol. The van der Waals surface area contributed by atoms with Crippen LogP contribution in [0.5, 0.6) is 5.75 Å². The molecule has 0 unspecified atom stereocenters. The van der Waals surface area contributed by atoms with Gasteiger partial charge in [0.2, 0.25) is 0 Å². The number of rotatable bonds is 6. The van der Waals surface area contributed by atoms with Crippen LogP contribution in [0.15, 0.2) is 46.9 Å². The van der Waals surface area contributed by atoms with Gasteiger partial charge in [-0.25, -0.2) is 0 Å². The average Bonchev–Trinajstić information content (AvgIpc) is 2.73. The quantitative estimate of drug-likeness (QED) is 0.539. The van der Waals surface area contributed by atoms with Gasteiger partial charge in [-0.2, -0.15) is 0 Å². The third kappa shape index (κ3) is 6.82. The van der Waals surface area contributed by atoms with Gasteiger partial charge in [0.1, 0.15) is 5.75 Å². The van der Waals surface area contributed by atoms with E-state index >= 15 is 0 Å². The van der Waals surface area contributed by atoms with Crippen LogP contribution in [-0.4, -0.2) is 24.5 Å². The Morgan fingerprint density at radius 1 is 1.03 bits per heavy atom. The first kappa shape index (κ1) is 23.3. The Balaban J connectivity index is 1.54. The highest BCUT2D eigenvalue weighted by atomic mass is 79.9. The Morgan fingerprint density at radius 3 is 2.35 bits per heavy atom. The number of hydrogen-bond donors (Lipinski definition) is 2. The summed E-state index contributed by atoms with van der Waals surface area (Å²) in [6, 6.07) is 13.0. The third-order valence-corrected chi connectivity index (χ3v) is 5.97. The zero-order valence-electron chi connectivity index (χ0n) is 18.5. The largest absolute Gasteiger partial charge is 0.483 e. The molecule has 2 aromatic carbocycles. The van der Waals surface area contributed by atoms with Crippen molar-refractivity contribution < 1.29 is 14.3 Å². The van der Waals surface area contributed by atoms with Gasteiger partial charge in [-0.3, -0.25) is 9.59 Å². The Morgan fingerprint density at radius 2 is 1.71 bits per heavy atom. The van der Waals surface area contributed by atoms with E-state index in [0.29, 0.717) is 17.0 Å². The number of hydrogen-bond acceptors (Lipinski definition) is 3. The second kappa shape index (κ2) is 10.3. The van der Waals surface area contributed by atoms with Crippen LogP contribution >= 0.6 is 15.9 Å². The summed E-state index contributed by atoms with van der Waals surface area (Å²) in [6.45, 7) is 6.23. The Hall–Kier alpha value is -2.34. The molecular formula is C25H31BrN2O3. The summed E-state index contributed by atoms with van der Waals surface area (Å²) in [5.41, 5.74) is 2.16. The Labute approximate surface area is 193 Å². The van der Waals surface area contributed by atoms with Crippen LogP contribution in [0.4, 0.5) is 5.69 Å². The highest BCUT2D eigenvalue weighted by Gasteiger charge is 2.20. The van der Waals surface area contributed by atoms with Gasteiger partial charge >= 0.3 is 0 Å². The molecule has 0 spiro atoms. The van der Waals surface area contributed by atoms with Crippen molar-refractivity contribution in [3.05, 3.63) is 58.1 Å². The molecule has 1 aliphatic rings. The molecule has 5 nitrogen and oxygen atoms in total. The van der Waals surface area contributed by atoms with E-state index in [9.17, 15) is 9.59 Å². The van der Waals surface area contributed by atoms with E-state index in [-0.39, 0.29) is 29.9 Å². The van der Waals surface area contributed by atoms with E-state index in [4.69, 9.17) is 4.74 Å². The first-order chi connectivity index (χ1) is 14.7. The van der Waals surface area contributed by atoms with Crippen LogP contribution in [0.3, 0.4) is 0 Å². The van der Waals surface area contributed by atoms with E-state index in [1.165, 1.54) is 19.3 Å². The van der Waals surface area contributed by atoms with Gasteiger partial charge in [-0.05, 0) is 60.7 Å². The van der Waals surface area contributed by atoms with Gasteiger partial charge in [0.25, 0.3) is 11.8 Å². The smallest absolute Gasteiger partial charge is 0.262 e. The molecule has 0 aromatic heterocycles. The van der Waals surface area contributed by atoms with Crippen molar-refractivity contribution in [2.24, 2.45) is 0 Å². The number of carbonyl (C=O) groups is 2. The van der Waals surface area contributed by atoms with Gasteiger partial charge in [-0.15, -0.1) is 0 Å². The summed E-state index contributed by atoms with van der Waals surface area (Å²) in [4.78, 5) is 24.8. The fourth-order valence-corrected chi connectivity index (χ4v) is 4.14. The maximum atomic E-state index is 12.4. The van der Waals surface area contributed by atoms with Crippen molar-refractivity contribution in [1.82, 2.24) is 5.32 Å². The summed E-state index contributed by atoms with van der Waals surface area (Å²) in [7, 11) is 0. The van der Waals surface area contributed by atoms with Gasteiger partial charge in [0, 0.05) is 27.3 Å². The van der Waals surface area contributed by atoms with Crippen molar-refractivity contribution in [3.8, 4) is 5.75 Å². The van der Waals surface area contributed by atoms with Gasteiger partial charge in [0.15, 0.2) is 6.61 Å². The molecule has 0 aliphatic heterocycles. The summed E-state index contributed by atoms with van der Waals surface area (Å²) < 4.78 is 6.78. The molecule has 0 atom stereocenters. The minimum Gasteiger partial charge on any atom is -0.483 e. The first-order valence-electron chi connectivity index (χ1n) is 10.9. The predicted molar refractivity (Wildman–Crippen MR) is 128 cm³/mol. The summed E-state index contributed by atoms with van der Waals surface area (Å²) in [5.74, 6) is 0.390. The molecule has 0 saturated heterocycles. The predicted octanol–water partition coefficient (Wildman–Crippen LogP) is 5.83. The van der Waals surface area contributed by atoms with Gasteiger partial charge in [-0.1, -0.05) is 56.0 Å². The minimum absolute atomic E-state index is 0.0574. The van der Waals surface area contributed by atoms with Crippen LogP contribution in [0, 0.1) is 0 Å². The molecule has 2 N–H and O–H groups in total. The normalized spacial score (nSPS) is 14.7. The molecule has 31 heavy (non-hydrogen) atoms. The molecular weight excluding hydrogens is 456 g/mol. The molecule has 2 amide bonds.